The number of likely N-dealkylation sites (tertiary alicyclic amines) is 1. The number of piperidine rings is 1. The Balaban J connectivity index is 1.49. The van der Waals surface area contributed by atoms with Gasteiger partial charge < -0.3 is 25.0 Å². The molecule has 0 spiro atoms. The van der Waals surface area contributed by atoms with Crippen LogP contribution in [-0.2, 0) is 9.59 Å². The number of ether oxygens (including phenoxy) is 2. The van der Waals surface area contributed by atoms with Gasteiger partial charge in [-0.3, -0.25) is 9.59 Å². The number of nitrogens with two attached hydrogens (primary N) is 1. The normalized spacial score (nSPS) is 26.0. The molecule has 2 N–H and O–H groups in total. The Hall–Kier alpha value is -2.28. The molecule has 3 aliphatic rings. The third-order valence-corrected chi connectivity index (χ3v) is 5.11. The summed E-state index contributed by atoms with van der Waals surface area (Å²) in [5, 5.41) is 0. The van der Waals surface area contributed by atoms with Crippen LogP contribution in [0, 0.1) is 5.92 Å². The van der Waals surface area contributed by atoms with E-state index in [1.807, 2.05) is 18.2 Å². The standard InChI is InChI=1S/C18H23N3O4/c19-12-2-1-6-20(11-12)17(22)14-5-7-21(18(14)23)13-3-4-15-16(10-13)25-9-8-24-15/h3-4,10,12,14H,1-2,5-9,11,19H2. The van der Waals surface area contributed by atoms with E-state index in [1.54, 1.807) is 9.80 Å². The Morgan fingerprint density at radius 3 is 2.72 bits per heavy atom. The first-order valence-electron chi connectivity index (χ1n) is 8.89. The fraction of sp³-hybridized carbons (Fsp3) is 0.556. The summed E-state index contributed by atoms with van der Waals surface area (Å²) in [6.45, 7) is 2.81. The molecule has 2 saturated heterocycles. The lowest BCUT2D eigenvalue weighted by Crippen LogP contribution is -2.49. The molecule has 1 aromatic rings. The van der Waals surface area contributed by atoms with Crippen LogP contribution in [0.4, 0.5) is 5.69 Å². The number of hydrogen-bond acceptors (Lipinski definition) is 5. The minimum atomic E-state index is -0.599. The Kier molecular flexibility index (Phi) is 4.25. The van der Waals surface area contributed by atoms with E-state index in [-0.39, 0.29) is 17.9 Å². The molecule has 7 nitrogen and oxygen atoms in total. The summed E-state index contributed by atoms with van der Waals surface area (Å²) in [5.74, 6) is 0.518. The third-order valence-electron chi connectivity index (χ3n) is 5.11. The lowest BCUT2D eigenvalue weighted by Gasteiger charge is -2.32. The smallest absolute Gasteiger partial charge is 0.239 e. The van der Waals surface area contributed by atoms with E-state index in [0.29, 0.717) is 50.8 Å². The van der Waals surface area contributed by atoms with Crippen molar-refractivity contribution in [2.45, 2.75) is 25.3 Å². The van der Waals surface area contributed by atoms with Crippen LogP contribution in [0.2, 0.25) is 0 Å². The molecule has 4 rings (SSSR count). The number of carbonyl (C=O) groups excluding carboxylic acids is 2. The van der Waals surface area contributed by atoms with Crippen molar-refractivity contribution in [1.82, 2.24) is 4.90 Å². The number of fused-ring (bicyclic) bond motifs is 1. The molecule has 134 valence electrons. The fourth-order valence-corrected chi connectivity index (χ4v) is 3.80. The average molecular weight is 345 g/mol. The van der Waals surface area contributed by atoms with Crippen molar-refractivity contribution in [3.05, 3.63) is 18.2 Å². The summed E-state index contributed by atoms with van der Waals surface area (Å²) in [4.78, 5) is 29.0. The van der Waals surface area contributed by atoms with E-state index in [9.17, 15) is 9.59 Å². The zero-order chi connectivity index (χ0) is 17.4. The van der Waals surface area contributed by atoms with Crippen molar-refractivity contribution in [3.8, 4) is 11.5 Å². The maximum absolute atomic E-state index is 12.8. The van der Waals surface area contributed by atoms with Gasteiger partial charge in [-0.2, -0.15) is 0 Å². The molecule has 2 atom stereocenters. The third kappa shape index (κ3) is 3.04. The van der Waals surface area contributed by atoms with Crippen molar-refractivity contribution in [3.63, 3.8) is 0 Å². The summed E-state index contributed by atoms with van der Waals surface area (Å²) in [6.07, 6.45) is 2.38. The topological polar surface area (TPSA) is 85.1 Å². The number of nitrogens with zero attached hydrogens (tertiary/aromatic N) is 2. The molecule has 1 aromatic carbocycles. The van der Waals surface area contributed by atoms with Crippen LogP contribution < -0.4 is 20.1 Å². The predicted octanol–water partition coefficient (Wildman–Crippen LogP) is 0.760. The second-order valence-corrected chi connectivity index (χ2v) is 6.85. The lowest BCUT2D eigenvalue weighted by molar-refractivity contribution is -0.140. The van der Waals surface area contributed by atoms with Gasteiger partial charge in [0.25, 0.3) is 0 Å². The SMILES string of the molecule is NC1CCCN(C(=O)C2CCN(c3ccc4c(c3)OCCO4)C2=O)C1. The first kappa shape index (κ1) is 16.2. The predicted molar refractivity (Wildman–Crippen MR) is 91.7 cm³/mol. The van der Waals surface area contributed by atoms with Crippen LogP contribution >= 0.6 is 0 Å². The first-order valence-corrected chi connectivity index (χ1v) is 8.89. The Labute approximate surface area is 146 Å². The Bertz CT molecular complexity index is 693. The quantitative estimate of drug-likeness (QED) is 0.800. The molecule has 3 heterocycles. The van der Waals surface area contributed by atoms with Gasteiger partial charge in [-0.15, -0.1) is 0 Å². The molecule has 0 aromatic heterocycles. The average Bonchev–Trinajstić information content (AvgIpc) is 3.02. The molecule has 0 aliphatic carbocycles. The highest BCUT2D eigenvalue weighted by atomic mass is 16.6. The summed E-state index contributed by atoms with van der Waals surface area (Å²) >= 11 is 0. The van der Waals surface area contributed by atoms with E-state index in [2.05, 4.69) is 0 Å². The van der Waals surface area contributed by atoms with Gasteiger partial charge >= 0.3 is 0 Å². The molecule has 2 unspecified atom stereocenters. The van der Waals surface area contributed by atoms with Crippen LogP contribution in [0.3, 0.4) is 0 Å². The summed E-state index contributed by atoms with van der Waals surface area (Å²) in [6, 6.07) is 5.49. The second kappa shape index (κ2) is 6.55. The maximum atomic E-state index is 12.8. The zero-order valence-electron chi connectivity index (χ0n) is 14.1. The fourth-order valence-electron chi connectivity index (χ4n) is 3.80. The van der Waals surface area contributed by atoms with Crippen molar-refractivity contribution >= 4 is 17.5 Å². The van der Waals surface area contributed by atoms with Gasteiger partial charge in [0.1, 0.15) is 19.1 Å². The number of benzene rings is 1. The van der Waals surface area contributed by atoms with Crippen LogP contribution in [0.15, 0.2) is 18.2 Å². The molecular formula is C18H23N3O4. The van der Waals surface area contributed by atoms with Crippen molar-refractivity contribution in [2.75, 3.05) is 37.7 Å². The molecule has 7 heteroatoms. The Morgan fingerprint density at radius 2 is 1.92 bits per heavy atom. The molecule has 0 bridgehead atoms. The second-order valence-electron chi connectivity index (χ2n) is 6.85. The van der Waals surface area contributed by atoms with Gasteiger partial charge in [0.15, 0.2) is 11.5 Å². The van der Waals surface area contributed by atoms with Gasteiger partial charge in [0.05, 0.1) is 0 Å². The van der Waals surface area contributed by atoms with Gasteiger partial charge in [0.2, 0.25) is 11.8 Å². The number of carbonyl (C=O) groups is 2. The van der Waals surface area contributed by atoms with Gasteiger partial charge in [0, 0.05) is 37.4 Å². The minimum Gasteiger partial charge on any atom is -0.486 e. The monoisotopic (exact) mass is 345 g/mol. The molecular weight excluding hydrogens is 322 g/mol. The molecule has 0 radical (unpaired) electrons. The van der Waals surface area contributed by atoms with Crippen molar-refractivity contribution in [1.29, 1.82) is 0 Å². The number of anilines is 1. The Morgan fingerprint density at radius 1 is 1.12 bits per heavy atom. The highest BCUT2D eigenvalue weighted by Gasteiger charge is 2.40. The number of hydrogen-bond donors (Lipinski definition) is 1. The lowest BCUT2D eigenvalue weighted by atomic mass is 10.0. The van der Waals surface area contributed by atoms with Gasteiger partial charge in [-0.05, 0) is 31.4 Å². The minimum absolute atomic E-state index is 0.0168. The first-order chi connectivity index (χ1) is 12.1. The van der Waals surface area contributed by atoms with Gasteiger partial charge in [-0.25, -0.2) is 0 Å². The van der Waals surface area contributed by atoms with E-state index >= 15 is 0 Å². The van der Waals surface area contributed by atoms with E-state index in [4.69, 9.17) is 15.2 Å². The van der Waals surface area contributed by atoms with Crippen molar-refractivity contribution in [2.24, 2.45) is 11.7 Å². The van der Waals surface area contributed by atoms with Crippen molar-refractivity contribution < 1.29 is 19.1 Å². The van der Waals surface area contributed by atoms with E-state index in [0.717, 1.165) is 18.5 Å². The number of rotatable bonds is 2. The van der Waals surface area contributed by atoms with Gasteiger partial charge in [-0.1, -0.05) is 0 Å². The number of amides is 2. The van der Waals surface area contributed by atoms with E-state index in [1.165, 1.54) is 0 Å². The van der Waals surface area contributed by atoms with E-state index < -0.39 is 5.92 Å². The van der Waals surface area contributed by atoms with Crippen LogP contribution in [0.1, 0.15) is 19.3 Å². The zero-order valence-corrected chi connectivity index (χ0v) is 14.1. The molecule has 3 aliphatic heterocycles. The molecule has 2 amide bonds. The maximum Gasteiger partial charge on any atom is 0.239 e. The van der Waals surface area contributed by atoms with Crippen LogP contribution in [0.25, 0.3) is 0 Å². The highest BCUT2D eigenvalue weighted by Crippen LogP contribution is 2.36. The highest BCUT2D eigenvalue weighted by molar-refractivity contribution is 6.09. The summed E-state index contributed by atoms with van der Waals surface area (Å²) in [5.41, 5.74) is 6.71. The summed E-state index contributed by atoms with van der Waals surface area (Å²) < 4.78 is 11.1. The van der Waals surface area contributed by atoms with Crippen LogP contribution in [-0.4, -0.2) is 55.6 Å². The largest absolute Gasteiger partial charge is 0.486 e. The van der Waals surface area contributed by atoms with Crippen LogP contribution in [0.5, 0.6) is 11.5 Å². The molecule has 2 fully saturated rings. The summed E-state index contributed by atoms with van der Waals surface area (Å²) in [7, 11) is 0. The molecule has 25 heavy (non-hydrogen) atoms. The molecule has 0 saturated carbocycles.